The number of halogens is 3. The number of aromatic nitrogens is 3. The maximum absolute atomic E-state index is 12.2. The Morgan fingerprint density at radius 3 is 2.65 bits per heavy atom. The number of nitrogens with one attached hydrogen (secondary N) is 1. The van der Waals surface area contributed by atoms with Crippen LogP contribution in [0.1, 0.15) is 10.4 Å². The summed E-state index contributed by atoms with van der Waals surface area (Å²) in [5.41, 5.74) is -4.94. The van der Waals surface area contributed by atoms with E-state index in [0.29, 0.717) is 0 Å². The summed E-state index contributed by atoms with van der Waals surface area (Å²) in [6.45, 7) is 0. The second kappa shape index (κ2) is 3.91. The molecule has 9 heteroatoms. The number of rotatable bonds is 2. The standard InChI is InChI=1S/C8H4F3N3O2S/c9-8(10,11)17-4-2-1-3-6(13-14-12-3)5(4)7(15)16/h1-2H,(H,15,16)(H,12,13,14). The number of H-pyrrole nitrogens is 1. The third-order valence-electron chi connectivity index (χ3n) is 1.89. The molecule has 90 valence electrons. The smallest absolute Gasteiger partial charge is 0.446 e. The zero-order chi connectivity index (χ0) is 12.6. The molecule has 0 saturated heterocycles. The van der Waals surface area contributed by atoms with Gasteiger partial charge in [0, 0.05) is 4.90 Å². The Hall–Kier alpha value is -1.77. The molecule has 0 fully saturated rings. The highest BCUT2D eigenvalue weighted by molar-refractivity contribution is 8.00. The topological polar surface area (TPSA) is 78.9 Å². The monoisotopic (exact) mass is 263 g/mol. The number of thioether (sulfide) groups is 1. The summed E-state index contributed by atoms with van der Waals surface area (Å²) in [6, 6.07) is 2.34. The molecule has 1 aromatic carbocycles. The molecule has 0 aliphatic heterocycles. The number of carboxylic acid groups (broad SMARTS) is 1. The molecule has 2 rings (SSSR count). The van der Waals surface area contributed by atoms with E-state index in [4.69, 9.17) is 5.11 Å². The normalized spacial score (nSPS) is 11.9. The molecule has 2 N–H and O–H groups in total. The highest BCUT2D eigenvalue weighted by Crippen LogP contribution is 2.39. The molecular weight excluding hydrogens is 259 g/mol. The molecule has 17 heavy (non-hydrogen) atoms. The minimum absolute atomic E-state index is 0.0910. The molecule has 0 bridgehead atoms. The highest BCUT2D eigenvalue weighted by Gasteiger charge is 2.32. The average molecular weight is 263 g/mol. The van der Waals surface area contributed by atoms with Gasteiger partial charge in [-0.05, 0) is 23.9 Å². The highest BCUT2D eigenvalue weighted by atomic mass is 32.2. The molecule has 0 saturated carbocycles. The molecule has 0 aliphatic carbocycles. The Kier molecular flexibility index (Phi) is 2.69. The Labute approximate surface area is 96.0 Å². The van der Waals surface area contributed by atoms with Crippen molar-refractivity contribution >= 4 is 28.8 Å². The first kappa shape index (κ1) is 11.7. The van der Waals surface area contributed by atoms with Gasteiger partial charge >= 0.3 is 11.5 Å². The summed E-state index contributed by atoms with van der Waals surface area (Å²) in [7, 11) is 0. The SMILES string of the molecule is O=C(O)c1c(SC(F)(F)F)ccc2n[nH]nc12. The fourth-order valence-corrected chi connectivity index (χ4v) is 1.98. The number of fused-ring (bicyclic) bond motifs is 1. The van der Waals surface area contributed by atoms with Gasteiger partial charge in [0.05, 0.1) is 0 Å². The summed E-state index contributed by atoms with van der Waals surface area (Å²) in [5, 5.41) is 18.2. The van der Waals surface area contributed by atoms with Gasteiger partial charge in [0.1, 0.15) is 16.6 Å². The van der Waals surface area contributed by atoms with Gasteiger partial charge < -0.3 is 5.11 Å². The predicted molar refractivity (Wildman–Crippen MR) is 52.8 cm³/mol. The van der Waals surface area contributed by atoms with Crippen molar-refractivity contribution in [2.75, 3.05) is 0 Å². The van der Waals surface area contributed by atoms with Gasteiger partial charge in [0.25, 0.3) is 0 Å². The Morgan fingerprint density at radius 1 is 1.35 bits per heavy atom. The zero-order valence-electron chi connectivity index (χ0n) is 7.95. The van der Waals surface area contributed by atoms with E-state index >= 15 is 0 Å². The van der Waals surface area contributed by atoms with Crippen molar-refractivity contribution in [1.29, 1.82) is 0 Å². The number of hydrogen-bond donors (Lipinski definition) is 2. The number of hydrogen-bond acceptors (Lipinski definition) is 4. The van der Waals surface area contributed by atoms with Crippen LogP contribution in [-0.4, -0.2) is 32.0 Å². The van der Waals surface area contributed by atoms with Crippen LogP contribution in [0.3, 0.4) is 0 Å². The van der Waals surface area contributed by atoms with E-state index in [1.165, 1.54) is 6.07 Å². The molecule has 0 spiro atoms. The van der Waals surface area contributed by atoms with Crippen LogP contribution in [0.15, 0.2) is 17.0 Å². The van der Waals surface area contributed by atoms with Crippen molar-refractivity contribution in [2.24, 2.45) is 0 Å². The second-order valence-electron chi connectivity index (χ2n) is 2.98. The fraction of sp³-hybridized carbons (Fsp3) is 0.125. The van der Waals surface area contributed by atoms with Crippen LogP contribution >= 0.6 is 11.8 Å². The Balaban J connectivity index is 2.62. The molecule has 5 nitrogen and oxygen atoms in total. The van der Waals surface area contributed by atoms with Crippen LogP contribution in [0.4, 0.5) is 13.2 Å². The lowest BCUT2D eigenvalue weighted by Crippen LogP contribution is -2.05. The van der Waals surface area contributed by atoms with Crippen molar-refractivity contribution in [2.45, 2.75) is 10.4 Å². The number of nitrogens with zero attached hydrogens (tertiary/aromatic N) is 2. The minimum Gasteiger partial charge on any atom is -0.478 e. The molecular formula is C8H4F3N3O2S. The summed E-state index contributed by atoms with van der Waals surface area (Å²) < 4.78 is 36.7. The molecule has 0 aliphatic rings. The van der Waals surface area contributed by atoms with E-state index in [1.807, 2.05) is 0 Å². The van der Waals surface area contributed by atoms with E-state index < -0.39 is 33.7 Å². The lowest BCUT2D eigenvalue weighted by molar-refractivity contribution is -0.0328. The van der Waals surface area contributed by atoms with Gasteiger partial charge in [-0.2, -0.15) is 28.6 Å². The van der Waals surface area contributed by atoms with Crippen LogP contribution in [0, 0.1) is 0 Å². The molecule has 0 unspecified atom stereocenters. The number of aromatic carboxylic acids is 1. The summed E-state index contributed by atoms with van der Waals surface area (Å²) in [5.74, 6) is -1.48. The third kappa shape index (κ3) is 2.33. The van der Waals surface area contributed by atoms with Gasteiger partial charge in [0.15, 0.2) is 0 Å². The van der Waals surface area contributed by atoms with Crippen LogP contribution in [0.2, 0.25) is 0 Å². The van der Waals surface area contributed by atoms with E-state index in [2.05, 4.69) is 15.4 Å². The number of alkyl halides is 3. The van der Waals surface area contributed by atoms with Crippen LogP contribution in [0.25, 0.3) is 11.0 Å². The summed E-state index contributed by atoms with van der Waals surface area (Å²) >= 11 is -0.489. The van der Waals surface area contributed by atoms with Crippen molar-refractivity contribution < 1.29 is 23.1 Å². The zero-order valence-corrected chi connectivity index (χ0v) is 8.76. The molecule has 1 heterocycles. The third-order valence-corrected chi connectivity index (χ3v) is 2.68. The van der Waals surface area contributed by atoms with Gasteiger partial charge in [-0.15, -0.1) is 0 Å². The van der Waals surface area contributed by atoms with E-state index in [0.717, 1.165) is 6.07 Å². The number of benzene rings is 1. The van der Waals surface area contributed by atoms with Gasteiger partial charge in [0.2, 0.25) is 0 Å². The minimum atomic E-state index is -4.55. The Bertz CT molecular complexity index is 581. The summed E-state index contributed by atoms with van der Waals surface area (Å²) in [6.07, 6.45) is 0. The first-order valence-electron chi connectivity index (χ1n) is 4.21. The molecule has 0 amide bonds. The first-order valence-corrected chi connectivity index (χ1v) is 5.02. The van der Waals surface area contributed by atoms with Gasteiger partial charge in [-0.1, -0.05) is 0 Å². The van der Waals surface area contributed by atoms with Crippen molar-refractivity contribution in [3.63, 3.8) is 0 Å². The van der Waals surface area contributed by atoms with Crippen molar-refractivity contribution in [1.82, 2.24) is 15.4 Å². The average Bonchev–Trinajstić information content (AvgIpc) is 2.61. The van der Waals surface area contributed by atoms with Crippen LogP contribution in [-0.2, 0) is 0 Å². The van der Waals surface area contributed by atoms with Crippen LogP contribution < -0.4 is 0 Å². The van der Waals surface area contributed by atoms with Crippen molar-refractivity contribution in [3.8, 4) is 0 Å². The first-order chi connectivity index (χ1) is 7.88. The molecule has 2 aromatic rings. The largest absolute Gasteiger partial charge is 0.478 e. The Morgan fingerprint density at radius 2 is 2.06 bits per heavy atom. The quantitative estimate of drug-likeness (QED) is 0.812. The molecule has 0 radical (unpaired) electrons. The fourth-order valence-electron chi connectivity index (χ4n) is 1.31. The summed E-state index contributed by atoms with van der Waals surface area (Å²) in [4.78, 5) is 10.5. The number of carboxylic acids is 1. The van der Waals surface area contributed by atoms with Gasteiger partial charge in [-0.25, -0.2) is 4.79 Å². The van der Waals surface area contributed by atoms with Crippen molar-refractivity contribution in [3.05, 3.63) is 17.7 Å². The molecule has 1 aromatic heterocycles. The number of carbonyl (C=O) groups is 1. The molecule has 0 atom stereocenters. The maximum atomic E-state index is 12.2. The van der Waals surface area contributed by atoms with E-state index in [9.17, 15) is 18.0 Å². The van der Waals surface area contributed by atoms with Gasteiger partial charge in [-0.3, -0.25) is 0 Å². The van der Waals surface area contributed by atoms with E-state index in [-0.39, 0.29) is 11.0 Å². The number of aromatic amines is 1. The lowest BCUT2D eigenvalue weighted by atomic mass is 10.2. The second-order valence-corrected chi connectivity index (χ2v) is 4.09. The van der Waals surface area contributed by atoms with E-state index in [1.54, 1.807) is 0 Å². The lowest BCUT2D eigenvalue weighted by Gasteiger charge is -2.08. The maximum Gasteiger partial charge on any atom is 0.446 e. The predicted octanol–water partition coefficient (Wildman–Crippen LogP) is 2.27. The van der Waals surface area contributed by atoms with Crippen LogP contribution in [0.5, 0.6) is 0 Å².